The minimum absolute atomic E-state index is 0.267. The summed E-state index contributed by atoms with van der Waals surface area (Å²) < 4.78 is 0. The van der Waals surface area contributed by atoms with E-state index in [-0.39, 0.29) is 11.3 Å². The van der Waals surface area contributed by atoms with Crippen LogP contribution in [0.2, 0.25) is 5.02 Å². The van der Waals surface area contributed by atoms with Crippen LogP contribution in [0.3, 0.4) is 0 Å². The lowest BCUT2D eigenvalue weighted by Crippen LogP contribution is -2.28. The van der Waals surface area contributed by atoms with E-state index in [0.29, 0.717) is 27.1 Å². The van der Waals surface area contributed by atoms with Crippen molar-refractivity contribution in [3.63, 3.8) is 0 Å². The van der Waals surface area contributed by atoms with Crippen molar-refractivity contribution in [3.05, 3.63) is 50.9 Å². The van der Waals surface area contributed by atoms with Crippen LogP contribution in [0.15, 0.2) is 24.3 Å². The normalized spacial score (nSPS) is 16.7. The van der Waals surface area contributed by atoms with Gasteiger partial charge in [0.05, 0.1) is 16.1 Å². The minimum atomic E-state index is -0.267. The number of anilines is 1. The highest BCUT2D eigenvalue weighted by Gasteiger charge is 2.34. The van der Waals surface area contributed by atoms with Gasteiger partial charge in [0.1, 0.15) is 11.1 Å². The molecule has 1 aliphatic carbocycles. The van der Waals surface area contributed by atoms with Gasteiger partial charge in [-0.25, -0.2) is 0 Å². The van der Waals surface area contributed by atoms with Crippen LogP contribution in [-0.2, 0) is 12.8 Å². The molecular weight excluding hydrogens is 364 g/mol. The third kappa shape index (κ3) is 3.51. The fraction of sp³-hybridized carbons (Fsp3) is 0.429. The molecule has 0 fully saturated rings. The monoisotopic (exact) mass is 386 g/mol. The predicted octanol–water partition coefficient (Wildman–Crippen LogP) is 6.07. The molecule has 1 unspecified atom stereocenters. The molecule has 0 saturated heterocycles. The number of nitrogens with zero attached hydrogens (tertiary/aromatic N) is 1. The van der Waals surface area contributed by atoms with Gasteiger partial charge in [0, 0.05) is 4.88 Å². The minimum Gasteiger partial charge on any atom is -0.312 e. The first-order chi connectivity index (χ1) is 12.4. The van der Waals surface area contributed by atoms with E-state index < -0.39 is 0 Å². The van der Waals surface area contributed by atoms with Gasteiger partial charge in [-0.2, -0.15) is 5.26 Å². The lowest BCUT2D eigenvalue weighted by atomic mass is 9.69. The zero-order valence-electron chi connectivity index (χ0n) is 15.4. The number of carbonyl (C=O) groups is 1. The summed E-state index contributed by atoms with van der Waals surface area (Å²) in [5.41, 5.74) is 2.46. The van der Waals surface area contributed by atoms with E-state index in [1.54, 1.807) is 35.6 Å². The number of fused-ring (bicyclic) bond motifs is 1. The van der Waals surface area contributed by atoms with Crippen molar-refractivity contribution >= 4 is 33.8 Å². The summed E-state index contributed by atoms with van der Waals surface area (Å²) in [6.45, 7) is 6.88. The molecule has 0 aliphatic heterocycles. The number of thiophene rings is 1. The van der Waals surface area contributed by atoms with Crippen molar-refractivity contribution in [1.29, 1.82) is 5.26 Å². The fourth-order valence-electron chi connectivity index (χ4n) is 3.56. The molecule has 3 rings (SSSR count). The molecule has 26 heavy (non-hydrogen) atoms. The summed E-state index contributed by atoms with van der Waals surface area (Å²) in [5, 5.41) is 13.6. The molecule has 1 N–H and O–H groups in total. The third-order valence-corrected chi connectivity index (χ3v) is 7.24. The number of nitrogens with one attached hydrogen (secondary N) is 1. The number of hydrogen-bond donors (Lipinski definition) is 1. The van der Waals surface area contributed by atoms with E-state index in [1.165, 1.54) is 4.88 Å². The Hall–Kier alpha value is -1.83. The number of rotatable bonds is 4. The van der Waals surface area contributed by atoms with Crippen molar-refractivity contribution in [2.45, 2.75) is 46.5 Å². The van der Waals surface area contributed by atoms with Crippen molar-refractivity contribution in [2.75, 3.05) is 5.32 Å². The molecule has 5 heteroatoms. The summed E-state index contributed by atoms with van der Waals surface area (Å²) in [4.78, 5) is 13.8. The lowest BCUT2D eigenvalue weighted by Gasteiger charge is -2.36. The van der Waals surface area contributed by atoms with Crippen LogP contribution in [-0.4, -0.2) is 5.91 Å². The van der Waals surface area contributed by atoms with Gasteiger partial charge in [0.15, 0.2) is 0 Å². The van der Waals surface area contributed by atoms with Gasteiger partial charge in [0.2, 0.25) is 0 Å². The van der Waals surface area contributed by atoms with Crippen LogP contribution in [0.5, 0.6) is 0 Å². The highest BCUT2D eigenvalue weighted by atomic mass is 35.5. The first-order valence-electron chi connectivity index (χ1n) is 8.98. The van der Waals surface area contributed by atoms with Crippen LogP contribution in [0.1, 0.15) is 60.0 Å². The molecular formula is C21H23ClN2OS. The number of carbonyl (C=O) groups excluding carboxylic acids is 1. The molecule has 1 heterocycles. The molecule has 1 aromatic heterocycles. The highest BCUT2D eigenvalue weighted by Crippen LogP contribution is 2.45. The van der Waals surface area contributed by atoms with Gasteiger partial charge in [-0.15, -0.1) is 11.3 Å². The van der Waals surface area contributed by atoms with Gasteiger partial charge in [-0.1, -0.05) is 50.9 Å². The maximum absolute atomic E-state index is 12.6. The van der Waals surface area contributed by atoms with Crippen molar-refractivity contribution in [1.82, 2.24) is 0 Å². The van der Waals surface area contributed by atoms with Gasteiger partial charge < -0.3 is 5.32 Å². The van der Waals surface area contributed by atoms with Gasteiger partial charge in [-0.05, 0) is 48.3 Å². The van der Waals surface area contributed by atoms with Crippen LogP contribution in [0.25, 0.3) is 0 Å². The Kier molecular flexibility index (Phi) is 5.41. The van der Waals surface area contributed by atoms with E-state index in [9.17, 15) is 10.1 Å². The Balaban J connectivity index is 1.88. The first-order valence-corrected chi connectivity index (χ1v) is 10.2. The Morgan fingerprint density at radius 2 is 2.15 bits per heavy atom. The average Bonchev–Trinajstić information content (AvgIpc) is 2.97. The van der Waals surface area contributed by atoms with E-state index in [1.807, 2.05) is 0 Å². The van der Waals surface area contributed by atoms with Gasteiger partial charge >= 0.3 is 0 Å². The summed E-state index contributed by atoms with van der Waals surface area (Å²) >= 11 is 7.67. The summed E-state index contributed by atoms with van der Waals surface area (Å²) in [5.74, 6) is 0.341. The molecule has 1 aromatic carbocycles. The van der Waals surface area contributed by atoms with Crippen LogP contribution >= 0.6 is 22.9 Å². The van der Waals surface area contributed by atoms with Crippen molar-refractivity contribution in [2.24, 2.45) is 11.3 Å². The van der Waals surface area contributed by atoms with Crippen LogP contribution in [0.4, 0.5) is 5.00 Å². The van der Waals surface area contributed by atoms with Crippen LogP contribution < -0.4 is 5.32 Å². The van der Waals surface area contributed by atoms with E-state index in [0.717, 1.165) is 31.2 Å². The molecule has 136 valence electrons. The smallest absolute Gasteiger partial charge is 0.257 e. The molecule has 1 aliphatic rings. The fourth-order valence-corrected chi connectivity index (χ4v) is 5.06. The molecule has 1 amide bonds. The highest BCUT2D eigenvalue weighted by molar-refractivity contribution is 7.16. The Bertz CT molecular complexity index is 879. The summed E-state index contributed by atoms with van der Waals surface area (Å²) in [6.07, 6.45) is 4.12. The Morgan fingerprint density at radius 1 is 1.42 bits per heavy atom. The van der Waals surface area contributed by atoms with E-state index in [2.05, 4.69) is 32.2 Å². The molecule has 1 atom stereocenters. The molecule has 0 spiro atoms. The SMILES string of the molecule is CCC(C)(C)C1CCc2c(sc(NC(=O)c3ccccc3Cl)c2C#N)C1. The lowest BCUT2D eigenvalue weighted by molar-refractivity contribution is 0.102. The molecule has 0 bridgehead atoms. The van der Waals surface area contributed by atoms with Crippen molar-refractivity contribution < 1.29 is 4.79 Å². The standard InChI is InChI=1S/C21H23ClN2OS/c1-4-21(2,3)13-9-10-14-16(12-23)20(26-18(14)11-13)24-19(25)15-7-5-6-8-17(15)22/h5-8,13H,4,9-11H2,1-3H3,(H,24,25). The maximum Gasteiger partial charge on any atom is 0.257 e. The van der Waals surface area contributed by atoms with Gasteiger partial charge in [-0.3, -0.25) is 4.79 Å². The average molecular weight is 387 g/mol. The summed E-state index contributed by atoms with van der Waals surface area (Å²) in [7, 11) is 0. The summed E-state index contributed by atoms with van der Waals surface area (Å²) in [6, 6.07) is 9.26. The predicted molar refractivity (Wildman–Crippen MR) is 108 cm³/mol. The number of halogens is 1. The zero-order chi connectivity index (χ0) is 18.9. The van der Waals surface area contributed by atoms with Gasteiger partial charge in [0.25, 0.3) is 5.91 Å². The Morgan fingerprint density at radius 3 is 2.81 bits per heavy atom. The molecule has 3 nitrogen and oxygen atoms in total. The molecule has 2 aromatic rings. The second-order valence-corrected chi connectivity index (χ2v) is 9.05. The zero-order valence-corrected chi connectivity index (χ0v) is 16.9. The third-order valence-electron chi connectivity index (χ3n) is 5.74. The number of benzene rings is 1. The van der Waals surface area contributed by atoms with Crippen molar-refractivity contribution in [3.8, 4) is 6.07 Å². The van der Waals surface area contributed by atoms with Crippen LogP contribution in [0, 0.1) is 22.7 Å². The maximum atomic E-state index is 12.6. The topological polar surface area (TPSA) is 52.9 Å². The van der Waals surface area contributed by atoms with E-state index in [4.69, 9.17) is 11.6 Å². The first kappa shape index (κ1) is 18.9. The number of nitriles is 1. The molecule has 0 saturated carbocycles. The quantitative estimate of drug-likeness (QED) is 0.693. The Labute approximate surface area is 164 Å². The van der Waals surface area contributed by atoms with E-state index >= 15 is 0 Å². The largest absolute Gasteiger partial charge is 0.312 e. The molecule has 0 radical (unpaired) electrons. The number of amides is 1. The second-order valence-electron chi connectivity index (χ2n) is 7.54. The second kappa shape index (κ2) is 7.42. The number of hydrogen-bond acceptors (Lipinski definition) is 3.